The molecule has 1 atom stereocenters. The Morgan fingerprint density at radius 2 is 2.15 bits per heavy atom. The molecule has 1 aliphatic rings. The highest BCUT2D eigenvalue weighted by Crippen LogP contribution is 2.21. The molecule has 9 heteroatoms. The molecule has 1 aromatic carbocycles. The van der Waals surface area contributed by atoms with E-state index in [-0.39, 0.29) is 37.4 Å². The smallest absolute Gasteiger partial charge is 0.360 e. The van der Waals surface area contributed by atoms with Gasteiger partial charge in [-0.1, -0.05) is 0 Å². The fourth-order valence-electron chi connectivity index (χ4n) is 2.58. The summed E-state index contributed by atoms with van der Waals surface area (Å²) >= 11 is 0. The van der Waals surface area contributed by atoms with Gasteiger partial charge in [-0.15, -0.1) is 0 Å². The monoisotopic (exact) mass is 375 g/mol. The van der Waals surface area contributed by atoms with Crippen molar-refractivity contribution in [2.45, 2.75) is 13.0 Å². The van der Waals surface area contributed by atoms with Crippen molar-refractivity contribution in [2.75, 3.05) is 38.2 Å². The molecular formula is C18H21N3O6. The topological polar surface area (TPSA) is 114 Å². The van der Waals surface area contributed by atoms with Crippen molar-refractivity contribution >= 4 is 17.7 Å². The summed E-state index contributed by atoms with van der Waals surface area (Å²) in [4.78, 5) is 29.6. The highest BCUT2D eigenvalue weighted by Gasteiger charge is 2.21. The molecule has 1 aliphatic heterocycles. The third kappa shape index (κ3) is 4.83. The van der Waals surface area contributed by atoms with Crippen LogP contribution in [-0.2, 0) is 9.47 Å². The van der Waals surface area contributed by atoms with Crippen molar-refractivity contribution in [3.63, 3.8) is 0 Å². The number of carbonyl (C=O) groups excluding carboxylic acids is 2. The molecule has 9 nitrogen and oxygen atoms in total. The van der Waals surface area contributed by atoms with E-state index in [9.17, 15) is 14.7 Å². The number of urea groups is 1. The van der Waals surface area contributed by atoms with Crippen LogP contribution in [0.3, 0.4) is 0 Å². The average Bonchev–Trinajstić information content (AvgIpc) is 3.05. The molecule has 0 aliphatic carbocycles. The lowest BCUT2D eigenvalue weighted by Gasteiger charge is -2.21. The molecule has 1 fully saturated rings. The molecule has 2 heterocycles. The summed E-state index contributed by atoms with van der Waals surface area (Å²) in [5.74, 6) is -0.260. The number of aliphatic hydroxyl groups excluding tert-OH is 1. The number of oxazole rings is 1. The van der Waals surface area contributed by atoms with E-state index in [1.165, 1.54) is 11.2 Å². The van der Waals surface area contributed by atoms with E-state index in [0.717, 1.165) is 0 Å². The number of anilines is 1. The van der Waals surface area contributed by atoms with Gasteiger partial charge in [0.25, 0.3) is 0 Å². The normalized spacial score (nSPS) is 17.3. The van der Waals surface area contributed by atoms with Crippen LogP contribution in [0.25, 0.3) is 11.5 Å². The molecule has 2 aromatic rings. The van der Waals surface area contributed by atoms with E-state index in [1.807, 2.05) is 0 Å². The van der Waals surface area contributed by atoms with Crippen molar-refractivity contribution in [3.05, 3.63) is 36.2 Å². The highest BCUT2D eigenvalue weighted by molar-refractivity contribution is 5.90. The lowest BCUT2D eigenvalue weighted by atomic mass is 10.2. The summed E-state index contributed by atoms with van der Waals surface area (Å²) in [5, 5.41) is 12.5. The van der Waals surface area contributed by atoms with Crippen LogP contribution in [0.2, 0.25) is 0 Å². The van der Waals surface area contributed by atoms with Gasteiger partial charge in [0.15, 0.2) is 5.69 Å². The van der Waals surface area contributed by atoms with Crippen LogP contribution in [-0.4, -0.2) is 66.0 Å². The molecule has 0 bridgehead atoms. The van der Waals surface area contributed by atoms with Crippen molar-refractivity contribution in [1.29, 1.82) is 0 Å². The zero-order valence-electron chi connectivity index (χ0n) is 14.9. The van der Waals surface area contributed by atoms with E-state index in [2.05, 4.69) is 10.3 Å². The number of carbonyl (C=O) groups is 2. The number of hydrogen-bond acceptors (Lipinski definition) is 7. The third-order valence-electron chi connectivity index (χ3n) is 3.91. The Kier molecular flexibility index (Phi) is 6.05. The number of nitrogens with one attached hydrogen (secondary N) is 1. The second-order valence-corrected chi connectivity index (χ2v) is 5.94. The Balaban J connectivity index is 1.63. The Bertz CT molecular complexity index is 789. The summed E-state index contributed by atoms with van der Waals surface area (Å²) in [7, 11) is 0. The molecule has 3 rings (SSSR count). The fourth-order valence-corrected chi connectivity index (χ4v) is 2.58. The highest BCUT2D eigenvalue weighted by atomic mass is 16.5. The Hall–Kier alpha value is -2.91. The van der Waals surface area contributed by atoms with Crippen LogP contribution < -0.4 is 5.32 Å². The fraction of sp³-hybridized carbons (Fsp3) is 0.389. The Labute approximate surface area is 155 Å². The van der Waals surface area contributed by atoms with Gasteiger partial charge in [-0.25, -0.2) is 14.6 Å². The molecule has 2 amide bonds. The number of rotatable bonds is 4. The maximum Gasteiger partial charge on any atom is 0.360 e. The number of ether oxygens (including phenoxy) is 2. The minimum Gasteiger partial charge on any atom is -0.461 e. The molecule has 0 spiro atoms. The molecule has 2 N–H and O–H groups in total. The Morgan fingerprint density at radius 3 is 2.89 bits per heavy atom. The van der Waals surface area contributed by atoms with Crippen LogP contribution in [0, 0.1) is 0 Å². The summed E-state index contributed by atoms with van der Waals surface area (Å²) < 4.78 is 15.4. The lowest BCUT2D eigenvalue weighted by molar-refractivity contribution is 0.0519. The van der Waals surface area contributed by atoms with Crippen LogP contribution in [0.4, 0.5) is 10.5 Å². The van der Waals surface area contributed by atoms with E-state index in [1.54, 1.807) is 31.2 Å². The number of amides is 2. The zero-order valence-corrected chi connectivity index (χ0v) is 14.9. The van der Waals surface area contributed by atoms with Gasteiger partial charge in [0.2, 0.25) is 5.89 Å². The van der Waals surface area contributed by atoms with Gasteiger partial charge in [-0.05, 0) is 31.2 Å². The average molecular weight is 375 g/mol. The number of nitrogens with zero attached hydrogens (tertiary/aromatic N) is 2. The first-order valence-electron chi connectivity index (χ1n) is 8.61. The predicted molar refractivity (Wildman–Crippen MR) is 95.3 cm³/mol. The van der Waals surface area contributed by atoms with E-state index in [0.29, 0.717) is 24.4 Å². The SMILES string of the molecule is CCOC(=O)c1coc(-c2ccc(NC(=O)N3CCOCC(O)C3)cc2)n1. The van der Waals surface area contributed by atoms with Gasteiger partial charge in [0, 0.05) is 17.8 Å². The lowest BCUT2D eigenvalue weighted by Crippen LogP contribution is -2.40. The Morgan fingerprint density at radius 1 is 1.37 bits per heavy atom. The molecule has 1 saturated heterocycles. The van der Waals surface area contributed by atoms with Gasteiger partial charge < -0.3 is 29.2 Å². The summed E-state index contributed by atoms with van der Waals surface area (Å²) in [6.07, 6.45) is 0.551. The molecule has 1 aromatic heterocycles. The largest absolute Gasteiger partial charge is 0.461 e. The number of esters is 1. The quantitative estimate of drug-likeness (QED) is 0.782. The molecule has 0 radical (unpaired) electrons. The number of benzene rings is 1. The summed E-state index contributed by atoms with van der Waals surface area (Å²) in [6, 6.07) is 6.53. The first-order chi connectivity index (χ1) is 13.1. The first-order valence-corrected chi connectivity index (χ1v) is 8.61. The van der Waals surface area contributed by atoms with E-state index >= 15 is 0 Å². The van der Waals surface area contributed by atoms with Crippen molar-refractivity contribution in [2.24, 2.45) is 0 Å². The molecular weight excluding hydrogens is 354 g/mol. The molecule has 144 valence electrons. The van der Waals surface area contributed by atoms with Gasteiger partial charge in [0.05, 0.1) is 32.5 Å². The summed E-state index contributed by atoms with van der Waals surface area (Å²) in [5.41, 5.74) is 1.34. The van der Waals surface area contributed by atoms with Gasteiger partial charge >= 0.3 is 12.0 Å². The van der Waals surface area contributed by atoms with Gasteiger partial charge in [0.1, 0.15) is 6.26 Å². The van der Waals surface area contributed by atoms with Crippen molar-refractivity contribution < 1.29 is 28.6 Å². The van der Waals surface area contributed by atoms with E-state index in [4.69, 9.17) is 13.9 Å². The second kappa shape index (κ2) is 8.65. The van der Waals surface area contributed by atoms with Gasteiger partial charge in [-0.3, -0.25) is 0 Å². The van der Waals surface area contributed by atoms with E-state index < -0.39 is 12.1 Å². The third-order valence-corrected chi connectivity index (χ3v) is 3.91. The number of aliphatic hydroxyl groups is 1. The second-order valence-electron chi connectivity index (χ2n) is 5.94. The summed E-state index contributed by atoms with van der Waals surface area (Å²) in [6.45, 7) is 3.21. The number of hydrogen-bond donors (Lipinski definition) is 2. The number of β-amino-alcohol motifs (C(OH)–C–C–N with tert-alkyl or cyclic N) is 1. The standard InChI is InChI=1S/C18H21N3O6/c1-2-26-17(23)15-11-27-16(20-15)12-3-5-13(6-4-12)19-18(24)21-7-8-25-10-14(22)9-21/h3-6,11,14,22H,2,7-10H2,1H3,(H,19,24). The zero-order chi connectivity index (χ0) is 19.2. The minimum atomic E-state index is -0.695. The van der Waals surface area contributed by atoms with Gasteiger partial charge in [-0.2, -0.15) is 0 Å². The minimum absolute atomic E-state index is 0.103. The van der Waals surface area contributed by atoms with Crippen LogP contribution in [0.15, 0.2) is 34.9 Å². The molecule has 27 heavy (non-hydrogen) atoms. The van der Waals surface area contributed by atoms with Crippen LogP contribution in [0.5, 0.6) is 0 Å². The first kappa shape index (κ1) is 18.9. The molecule has 1 unspecified atom stereocenters. The maximum atomic E-state index is 12.3. The molecule has 0 saturated carbocycles. The van der Waals surface area contributed by atoms with Crippen LogP contribution in [0.1, 0.15) is 17.4 Å². The maximum absolute atomic E-state index is 12.3. The van der Waals surface area contributed by atoms with Crippen molar-refractivity contribution in [3.8, 4) is 11.5 Å². The van der Waals surface area contributed by atoms with Crippen molar-refractivity contribution in [1.82, 2.24) is 9.88 Å². The van der Waals surface area contributed by atoms with Crippen LogP contribution >= 0.6 is 0 Å². The number of aromatic nitrogens is 1. The predicted octanol–water partition coefficient (Wildman–Crippen LogP) is 1.74.